The van der Waals surface area contributed by atoms with Gasteiger partial charge in [0.2, 0.25) is 0 Å². The SMILES string of the molecule is CCN=C(N)Nc1ccc(F)cc1Br. The van der Waals surface area contributed by atoms with Crippen molar-refractivity contribution in [3.63, 3.8) is 0 Å². The molecule has 0 atom stereocenters. The Morgan fingerprint density at radius 2 is 2.36 bits per heavy atom. The van der Waals surface area contributed by atoms with Crippen LogP contribution in [0.2, 0.25) is 0 Å². The second-order valence-corrected chi connectivity index (χ2v) is 3.46. The molecule has 0 aliphatic heterocycles. The van der Waals surface area contributed by atoms with E-state index in [1.807, 2.05) is 6.92 Å². The normalized spacial score (nSPS) is 11.5. The molecule has 1 aromatic carbocycles. The molecule has 1 rings (SSSR count). The molecule has 0 bridgehead atoms. The summed E-state index contributed by atoms with van der Waals surface area (Å²) in [4.78, 5) is 3.95. The standard InChI is InChI=1S/C9H11BrFN3/c1-2-13-9(12)14-8-4-3-6(11)5-7(8)10/h3-5H,2H2,1H3,(H3,12,13,14). The zero-order chi connectivity index (χ0) is 10.6. The van der Waals surface area contributed by atoms with E-state index in [9.17, 15) is 4.39 Å². The number of nitrogens with one attached hydrogen (secondary N) is 1. The van der Waals surface area contributed by atoms with E-state index in [0.717, 1.165) is 0 Å². The van der Waals surface area contributed by atoms with E-state index in [4.69, 9.17) is 5.73 Å². The molecule has 0 spiro atoms. The van der Waals surface area contributed by atoms with Gasteiger partial charge in [0.1, 0.15) is 5.82 Å². The summed E-state index contributed by atoms with van der Waals surface area (Å²) >= 11 is 3.21. The van der Waals surface area contributed by atoms with Gasteiger partial charge in [-0.25, -0.2) is 4.39 Å². The van der Waals surface area contributed by atoms with Gasteiger partial charge in [0.15, 0.2) is 5.96 Å². The summed E-state index contributed by atoms with van der Waals surface area (Å²) < 4.78 is 13.3. The van der Waals surface area contributed by atoms with Crippen molar-refractivity contribution in [2.45, 2.75) is 6.92 Å². The maximum absolute atomic E-state index is 12.7. The first-order valence-electron chi connectivity index (χ1n) is 4.15. The number of guanidine groups is 1. The van der Waals surface area contributed by atoms with E-state index >= 15 is 0 Å². The van der Waals surface area contributed by atoms with E-state index in [2.05, 4.69) is 26.2 Å². The van der Waals surface area contributed by atoms with Gasteiger partial charge in [0, 0.05) is 11.0 Å². The van der Waals surface area contributed by atoms with Crippen LogP contribution in [0.3, 0.4) is 0 Å². The Morgan fingerprint density at radius 3 is 2.93 bits per heavy atom. The largest absolute Gasteiger partial charge is 0.370 e. The molecule has 0 aliphatic carbocycles. The van der Waals surface area contributed by atoms with Crippen molar-refractivity contribution in [2.75, 3.05) is 11.9 Å². The Kier molecular flexibility index (Phi) is 3.88. The van der Waals surface area contributed by atoms with Gasteiger partial charge in [-0.15, -0.1) is 0 Å². The lowest BCUT2D eigenvalue weighted by Gasteiger charge is -2.07. The van der Waals surface area contributed by atoms with E-state index in [1.54, 1.807) is 6.07 Å². The van der Waals surface area contributed by atoms with Crippen molar-refractivity contribution in [2.24, 2.45) is 10.7 Å². The Labute approximate surface area is 90.3 Å². The molecule has 3 nitrogen and oxygen atoms in total. The van der Waals surface area contributed by atoms with Crippen molar-refractivity contribution in [1.82, 2.24) is 0 Å². The maximum atomic E-state index is 12.7. The first-order valence-corrected chi connectivity index (χ1v) is 4.94. The Morgan fingerprint density at radius 1 is 1.64 bits per heavy atom. The molecule has 0 aliphatic rings. The molecule has 0 aromatic heterocycles. The quantitative estimate of drug-likeness (QED) is 0.633. The zero-order valence-corrected chi connectivity index (χ0v) is 9.31. The lowest BCUT2D eigenvalue weighted by molar-refractivity contribution is 0.627. The number of aliphatic imine (C=N–C) groups is 1. The Balaban J connectivity index is 2.82. The molecule has 5 heteroatoms. The lowest BCUT2D eigenvalue weighted by atomic mass is 10.3. The second kappa shape index (κ2) is 4.95. The monoisotopic (exact) mass is 259 g/mol. The highest BCUT2D eigenvalue weighted by Gasteiger charge is 2.01. The summed E-state index contributed by atoms with van der Waals surface area (Å²) in [6.45, 7) is 2.49. The fourth-order valence-electron chi connectivity index (χ4n) is 0.939. The van der Waals surface area contributed by atoms with Crippen LogP contribution in [0.15, 0.2) is 27.7 Å². The van der Waals surface area contributed by atoms with Crippen molar-refractivity contribution < 1.29 is 4.39 Å². The number of anilines is 1. The van der Waals surface area contributed by atoms with E-state index in [0.29, 0.717) is 22.7 Å². The number of nitrogens with zero attached hydrogens (tertiary/aromatic N) is 1. The molecule has 0 radical (unpaired) electrons. The van der Waals surface area contributed by atoms with Crippen LogP contribution in [0.25, 0.3) is 0 Å². The van der Waals surface area contributed by atoms with Crippen LogP contribution in [0, 0.1) is 5.82 Å². The number of rotatable bonds is 2. The summed E-state index contributed by atoms with van der Waals surface area (Å²) in [6, 6.07) is 4.31. The van der Waals surface area contributed by atoms with Crippen LogP contribution in [-0.4, -0.2) is 12.5 Å². The molecular formula is C9H11BrFN3. The molecule has 0 unspecified atom stereocenters. The van der Waals surface area contributed by atoms with Gasteiger partial charge in [0.25, 0.3) is 0 Å². The number of nitrogens with two attached hydrogens (primary N) is 1. The van der Waals surface area contributed by atoms with E-state index < -0.39 is 0 Å². The summed E-state index contributed by atoms with van der Waals surface area (Å²) in [5.41, 5.74) is 6.24. The van der Waals surface area contributed by atoms with Gasteiger partial charge in [0.05, 0.1) is 5.69 Å². The summed E-state index contributed by atoms with van der Waals surface area (Å²) in [6.07, 6.45) is 0. The number of hydrogen-bond donors (Lipinski definition) is 2. The van der Waals surface area contributed by atoms with Gasteiger partial charge in [-0.05, 0) is 41.1 Å². The van der Waals surface area contributed by atoms with Gasteiger partial charge in [-0.3, -0.25) is 4.99 Å². The molecule has 0 amide bonds. The molecule has 1 aromatic rings. The summed E-state index contributed by atoms with van der Waals surface area (Å²) in [5, 5.41) is 2.85. The molecule has 3 N–H and O–H groups in total. The molecule has 0 fully saturated rings. The minimum Gasteiger partial charge on any atom is -0.370 e. The van der Waals surface area contributed by atoms with Gasteiger partial charge in [-0.2, -0.15) is 0 Å². The topological polar surface area (TPSA) is 50.4 Å². The molecule has 0 heterocycles. The Bertz CT molecular complexity index is 352. The molecule has 0 saturated heterocycles. The highest BCUT2D eigenvalue weighted by Crippen LogP contribution is 2.22. The number of benzene rings is 1. The minimum atomic E-state index is -0.298. The lowest BCUT2D eigenvalue weighted by Crippen LogP contribution is -2.22. The maximum Gasteiger partial charge on any atom is 0.193 e. The van der Waals surface area contributed by atoms with Gasteiger partial charge < -0.3 is 11.1 Å². The average molecular weight is 260 g/mol. The zero-order valence-electron chi connectivity index (χ0n) is 7.72. The number of halogens is 2. The Hall–Kier alpha value is -1.10. The van der Waals surface area contributed by atoms with Gasteiger partial charge in [-0.1, -0.05) is 0 Å². The van der Waals surface area contributed by atoms with E-state index in [1.165, 1.54) is 12.1 Å². The van der Waals surface area contributed by atoms with Crippen molar-refractivity contribution in [3.05, 3.63) is 28.5 Å². The van der Waals surface area contributed by atoms with Crippen LogP contribution < -0.4 is 11.1 Å². The van der Waals surface area contributed by atoms with Crippen molar-refractivity contribution in [3.8, 4) is 0 Å². The number of hydrogen-bond acceptors (Lipinski definition) is 1. The van der Waals surface area contributed by atoms with Crippen molar-refractivity contribution in [1.29, 1.82) is 0 Å². The molecule has 0 saturated carbocycles. The fraction of sp³-hybridized carbons (Fsp3) is 0.222. The summed E-state index contributed by atoms with van der Waals surface area (Å²) in [5.74, 6) is 0.0215. The van der Waals surface area contributed by atoms with Crippen LogP contribution in [-0.2, 0) is 0 Å². The predicted octanol–water partition coefficient (Wildman–Crippen LogP) is 2.33. The third-order valence-electron chi connectivity index (χ3n) is 1.52. The highest BCUT2D eigenvalue weighted by atomic mass is 79.9. The summed E-state index contributed by atoms with van der Waals surface area (Å²) in [7, 11) is 0. The second-order valence-electron chi connectivity index (χ2n) is 2.61. The fourth-order valence-corrected chi connectivity index (χ4v) is 1.39. The van der Waals surface area contributed by atoms with Gasteiger partial charge >= 0.3 is 0 Å². The molecular weight excluding hydrogens is 249 g/mol. The van der Waals surface area contributed by atoms with Crippen LogP contribution in [0.4, 0.5) is 10.1 Å². The van der Waals surface area contributed by atoms with Crippen LogP contribution in [0.1, 0.15) is 6.92 Å². The predicted molar refractivity (Wildman–Crippen MR) is 59.9 cm³/mol. The molecule has 14 heavy (non-hydrogen) atoms. The van der Waals surface area contributed by atoms with Crippen LogP contribution in [0.5, 0.6) is 0 Å². The first kappa shape index (κ1) is 11.0. The first-order chi connectivity index (χ1) is 6.63. The molecule has 76 valence electrons. The minimum absolute atomic E-state index is 0.298. The third-order valence-corrected chi connectivity index (χ3v) is 2.18. The van der Waals surface area contributed by atoms with Crippen LogP contribution >= 0.6 is 15.9 Å². The smallest absolute Gasteiger partial charge is 0.193 e. The highest BCUT2D eigenvalue weighted by molar-refractivity contribution is 9.10. The van der Waals surface area contributed by atoms with E-state index in [-0.39, 0.29) is 5.82 Å². The van der Waals surface area contributed by atoms with Crippen molar-refractivity contribution >= 4 is 27.6 Å². The average Bonchev–Trinajstić information content (AvgIpc) is 2.10. The third kappa shape index (κ3) is 2.99.